The number of ether oxygens (including phenoxy) is 1. The number of benzene rings is 1. The third kappa shape index (κ3) is 4.96. The van der Waals surface area contributed by atoms with Crippen molar-refractivity contribution < 1.29 is 9.53 Å². The normalized spacial score (nSPS) is 37.6. The van der Waals surface area contributed by atoms with Gasteiger partial charge < -0.3 is 4.74 Å². The van der Waals surface area contributed by atoms with Crippen molar-refractivity contribution in [2.45, 2.75) is 124 Å². The first kappa shape index (κ1) is 28.4. The van der Waals surface area contributed by atoms with E-state index in [1.54, 1.807) is 5.57 Å². The number of carbonyl (C=O) groups is 1. The molecule has 1 heterocycles. The summed E-state index contributed by atoms with van der Waals surface area (Å²) in [7, 11) is 0. The minimum Gasteiger partial charge on any atom is -0.446 e. The molecule has 1 aromatic carbocycles. The van der Waals surface area contributed by atoms with E-state index >= 15 is 0 Å². The van der Waals surface area contributed by atoms with Crippen molar-refractivity contribution in [3.05, 3.63) is 41.5 Å². The summed E-state index contributed by atoms with van der Waals surface area (Å²) in [5.74, 6) is 5.17. The number of amides is 1. The van der Waals surface area contributed by atoms with Crippen LogP contribution in [0.5, 0.6) is 0 Å². The van der Waals surface area contributed by atoms with Gasteiger partial charge in [0.05, 0.1) is 5.69 Å². The molecule has 0 radical (unpaired) electrons. The Labute approximate surface area is 244 Å². The molecule has 0 N–H and O–H groups in total. The maximum absolute atomic E-state index is 13.3. The first-order valence-corrected chi connectivity index (χ1v) is 17.0. The second-order valence-corrected chi connectivity index (χ2v) is 15.4. The van der Waals surface area contributed by atoms with Gasteiger partial charge in [-0.1, -0.05) is 83.7 Å². The van der Waals surface area contributed by atoms with Gasteiger partial charge in [0.15, 0.2) is 0 Å². The number of anilines is 1. The van der Waals surface area contributed by atoms with Crippen LogP contribution in [0.15, 0.2) is 35.9 Å². The van der Waals surface area contributed by atoms with Crippen LogP contribution in [0.25, 0.3) is 0 Å². The number of para-hydroxylation sites is 1. The molecule has 5 aliphatic rings. The van der Waals surface area contributed by atoms with Gasteiger partial charge in [0, 0.05) is 13.0 Å². The molecule has 3 nitrogen and oxygen atoms in total. The highest BCUT2D eigenvalue weighted by molar-refractivity contribution is 5.89. The van der Waals surface area contributed by atoms with Crippen LogP contribution in [0, 0.1) is 46.3 Å². The molecule has 40 heavy (non-hydrogen) atoms. The van der Waals surface area contributed by atoms with Gasteiger partial charge in [0.2, 0.25) is 0 Å². The lowest BCUT2D eigenvalue weighted by Gasteiger charge is -2.58. The van der Waals surface area contributed by atoms with Crippen LogP contribution in [-0.2, 0) is 11.2 Å². The molecule has 2 unspecified atom stereocenters. The molecule has 3 heteroatoms. The Kier molecular flexibility index (Phi) is 7.90. The van der Waals surface area contributed by atoms with Gasteiger partial charge in [0.1, 0.15) is 6.10 Å². The Morgan fingerprint density at radius 2 is 1.85 bits per heavy atom. The third-order valence-electron chi connectivity index (χ3n) is 12.9. The summed E-state index contributed by atoms with van der Waals surface area (Å²) in [4.78, 5) is 15.2. The minimum absolute atomic E-state index is 0.0221. The molecule has 3 saturated carbocycles. The predicted molar refractivity (Wildman–Crippen MR) is 165 cm³/mol. The summed E-state index contributed by atoms with van der Waals surface area (Å²) in [6, 6.07) is 8.34. The van der Waals surface area contributed by atoms with Gasteiger partial charge in [0.25, 0.3) is 0 Å². The number of hydrogen-bond donors (Lipinski definition) is 0. The lowest BCUT2D eigenvalue weighted by molar-refractivity contribution is -0.0579. The SMILES string of the molecule is CC(C)CCC[C@@H](C)C1CCC2[C@@H]3CC=C4C[C@@H](OC(=O)N5CCCc6ccccc65)CC[C@]4(C)[C@H]3CC[C@]12C. The van der Waals surface area contributed by atoms with Crippen LogP contribution in [0.3, 0.4) is 0 Å². The zero-order chi connectivity index (χ0) is 28.1. The largest absolute Gasteiger partial charge is 0.446 e. The molecule has 220 valence electrons. The van der Waals surface area contributed by atoms with E-state index < -0.39 is 0 Å². The Bertz CT molecular complexity index is 1110. The first-order chi connectivity index (χ1) is 19.2. The smallest absolute Gasteiger partial charge is 0.414 e. The van der Waals surface area contributed by atoms with Gasteiger partial charge in [-0.05, 0) is 116 Å². The lowest BCUT2D eigenvalue weighted by Crippen LogP contribution is -2.51. The highest BCUT2D eigenvalue weighted by Crippen LogP contribution is 2.67. The molecule has 1 amide bonds. The van der Waals surface area contributed by atoms with Crippen LogP contribution in [-0.4, -0.2) is 18.7 Å². The molecular formula is C37H55NO2. The number of aryl methyl sites for hydroxylation is 1. The molecule has 4 aliphatic carbocycles. The van der Waals surface area contributed by atoms with Crippen molar-refractivity contribution in [1.29, 1.82) is 0 Å². The Morgan fingerprint density at radius 3 is 2.67 bits per heavy atom. The quantitative estimate of drug-likeness (QED) is 0.333. The molecule has 6 rings (SSSR count). The van der Waals surface area contributed by atoms with Gasteiger partial charge >= 0.3 is 6.09 Å². The molecule has 3 fully saturated rings. The van der Waals surface area contributed by atoms with Gasteiger partial charge in [-0.3, -0.25) is 4.90 Å². The number of fused-ring (bicyclic) bond motifs is 6. The molecule has 0 bridgehead atoms. The zero-order valence-corrected chi connectivity index (χ0v) is 26.1. The average Bonchev–Trinajstić information content (AvgIpc) is 3.30. The van der Waals surface area contributed by atoms with Crippen molar-refractivity contribution >= 4 is 11.8 Å². The summed E-state index contributed by atoms with van der Waals surface area (Å²) in [5.41, 5.74) is 4.76. The second-order valence-electron chi connectivity index (χ2n) is 15.4. The first-order valence-electron chi connectivity index (χ1n) is 17.0. The second kappa shape index (κ2) is 11.1. The Morgan fingerprint density at radius 1 is 1.02 bits per heavy atom. The molecule has 8 atom stereocenters. The highest BCUT2D eigenvalue weighted by Gasteiger charge is 2.59. The van der Waals surface area contributed by atoms with Crippen molar-refractivity contribution in [3.8, 4) is 0 Å². The molecular weight excluding hydrogens is 490 g/mol. The van der Waals surface area contributed by atoms with E-state index in [9.17, 15) is 4.79 Å². The summed E-state index contributed by atoms with van der Waals surface area (Å²) in [6.07, 6.45) is 18.9. The van der Waals surface area contributed by atoms with Gasteiger partial charge in [-0.25, -0.2) is 4.79 Å². The fourth-order valence-corrected chi connectivity index (χ4v) is 10.7. The van der Waals surface area contributed by atoms with Gasteiger partial charge in [-0.15, -0.1) is 0 Å². The van der Waals surface area contributed by atoms with E-state index in [0.717, 1.165) is 73.4 Å². The highest BCUT2D eigenvalue weighted by atomic mass is 16.6. The molecule has 1 aliphatic heterocycles. The van der Waals surface area contributed by atoms with E-state index in [0.29, 0.717) is 10.8 Å². The van der Waals surface area contributed by atoms with Gasteiger partial charge in [-0.2, -0.15) is 0 Å². The summed E-state index contributed by atoms with van der Waals surface area (Å²) in [6.45, 7) is 13.4. The van der Waals surface area contributed by atoms with E-state index in [1.807, 2.05) is 11.0 Å². The van der Waals surface area contributed by atoms with E-state index in [1.165, 1.54) is 63.4 Å². The van der Waals surface area contributed by atoms with Crippen LogP contribution in [0.4, 0.5) is 10.5 Å². The number of nitrogens with zero attached hydrogens (tertiary/aromatic N) is 1. The maximum atomic E-state index is 13.3. The van der Waals surface area contributed by atoms with Crippen LogP contribution in [0.2, 0.25) is 0 Å². The van der Waals surface area contributed by atoms with Crippen molar-refractivity contribution in [1.82, 2.24) is 0 Å². The number of carbonyl (C=O) groups excluding carboxylic acids is 1. The van der Waals surface area contributed by atoms with Crippen molar-refractivity contribution in [2.24, 2.45) is 46.3 Å². The van der Waals surface area contributed by atoms with Crippen LogP contribution < -0.4 is 4.90 Å². The monoisotopic (exact) mass is 545 g/mol. The van der Waals surface area contributed by atoms with Crippen LogP contribution in [0.1, 0.15) is 117 Å². The predicted octanol–water partition coefficient (Wildman–Crippen LogP) is 9.99. The van der Waals surface area contributed by atoms with Crippen molar-refractivity contribution in [2.75, 3.05) is 11.4 Å². The molecule has 0 aromatic heterocycles. The molecule has 1 aromatic rings. The molecule has 0 saturated heterocycles. The topological polar surface area (TPSA) is 29.5 Å². The summed E-state index contributed by atoms with van der Waals surface area (Å²) >= 11 is 0. The number of hydrogen-bond acceptors (Lipinski definition) is 2. The maximum Gasteiger partial charge on any atom is 0.414 e. The Hall–Kier alpha value is -1.77. The van der Waals surface area contributed by atoms with Crippen molar-refractivity contribution in [3.63, 3.8) is 0 Å². The van der Waals surface area contributed by atoms with Crippen LogP contribution >= 0.6 is 0 Å². The number of rotatable bonds is 6. The van der Waals surface area contributed by atoms with E-state index in [2.05, 4.69) is 58.9 Å². The van der Waals surface area contributed by atoms with E-state index in [4.69, 9.17) is 4.74 Å². The Balaban J connectivity index is 1.11. The average molecular weight is 546 g/mol. The fourth-order valence-electron chi connectivity index (χ4n) is 10.7. The lowest BCUT2D eigenvalue weighted by atomic mass is 9.47. The molecule has 0 spiro atoms. The third-order valence-corrected chi connectivity index (χ3v) is 12.9. The number of allylic oxidation sites excluding steroid dienone is 1. The zero-order valence-electron chi connectivity index (χ0n) is 26.1. The standard InChI is InChI=1S/C37H55NO2/c1-25(2)10-8-11-26(3)31-17-18-32-30-16-15-28-24-29(19-21-36(28,4)33(30)20-22-37(31,32)5)40-35(39)38-23-9-13-27-12-6-7-14-34(27)38/h6-7,12,14-15,25-26,29-33H,8-11,13,16-24H2,1-5H3/t26-,29+,30+,31?,32?,33+,36+,37-/m1/s1. The van der Waals surface area contributed by atoms with E-state index in [-0.39, 0.29) is 12.2 Å². The minimum atomic E-state index is -0.136. The fraction of sp³-hybridized carbons (Fsp3) is 0.757. The summed E-state index contributed by atoms with van der Waals surface area (Å²) in [5, 5.41) is 0. The summed E-state index contributed by atoms with van der Waals surface area (Å²) < 4.78 is 6.24.